The van der Waals surface area contributed by atoms with E-state index in [-0.39, 0.29) is 12.8 Å². The van der Waals surface area contributed by atoms with Crippen molar-refractivity contribution < 1.29 is 19.4 Å². The molecule has 1 aliphatic rings. The van der Waals surface area contributed by atoms with E-state index in [4.69, 9.17) is 5.11 Å². The lowest BCUT2D eigenvalue weighted by molar-refractivity contribution is -0.145. The van der Waals surface area contributed by atoms with Crippen LogP contribution in [0.2, 0.25) is 0 Å². The van der Waals surface area contributed by atoms with Gasteiger partial charge in [0.1, 0.15) is 0 Å². The van der Waals surface area contributed by atoms with Gasteiger partial charge in [0.25, 0.3) is 0 Å². The molecule has 1 aliphatic heterocycles. The number of ether oxygens (including phenoxy) is 1. The molecule has 98 valence electrons. The second-order valence-electron chi connectivity index (χ2n) is 3.80. The number of hydrogen-bond donors (Lipinski definition) is 2. The molecule has 1 aromatic carbocycles. The Bertz CT molecular complexity index is 394. The Morgan fingerprint density at radius 3 is 2.67 bits per heavy atom. The molecular formula is C13H17NO4. The van der Waals surface area contributed by atoms with Crippen molar-refractivity contribution in [1.82, 2.24) is 0 Å². The van der Waals surface area contributed by atoms with Gasteiger partial charge in [-0.15, -0.1) is 0 Å². The minimum Gasteiger partial charge on any atom is -0.481 e. The monoisotopic (exact) mass is 251 g/mol. The first-order valence-electron chi connectivity index (χ1n) is 5.74. The Morgan fingerprint density at radius 2 is 2.06 bits per heavy atom. The van der Waals surface area contributed by atoms with Crippen LogP contribution in [0, 0.1) is 0 Å². The number of carbonyl (C=O) groups excluding carboxylic acids is 1. The van der Waals surface area contributed by atoms with Gasteiger partial charge in [-0.05, 0) is 18.1 Å². The normalized spacial score (nSPS) is 11.6. The third-order valence-corrected chi connectivity index (χ3v) is 2.50. The van der Waals surface area contributed by atoms with Gasteiger partial charge >= 0.3 is 11.9 Å². The molecule has 18 heavy (non-hydrogen) atoms. The maximum absolute atomic E-state index is 10.2. The molecule has 0 bridgehead atoms. The Hall–Kier alpha value is -2.04. The van der Waals surface area contributed by atoms with Crippen LogP contribution in [0.15, 0.2) is 24.3 Å². The van der Waals surface area contributed by atoms with Crippen molar-refractivity contribution in [2.24, 2.45) is 0 Å². The van der Waals surface area contributed by atoms with E-state index in [1.165, 1.54) is 24.8 Å². The van der Waals surface area contributed by atoms with Crippen LogP contribution in [0.4, 0.5) is 5.69 Å². The third kappa shape index (κ3) is 4.86. The smallest absolute Gasteiger partial charge is 0.306 e. The molecule has 0 saturated carbocycles. The molecule has 0 saturated heterocycles. The van der Waals surface area contributed by atoms with E-state index >= 15 is 0 Å². The van der Waals surface area contributed by atoms with E-state index in [0.717, 1.165) is 6.54 Å². The molecule has 0 spiro atoms. The molecule has 0 unspecified atom stereocenters. The van der Waals surface area contributed by atoms with Crippen molar-refractivity contribution in [3.8, 4) is 0 Å². The molecule has 0 aromatic heterocycles. The SMILES string of the molecule is COC(=O)CCC(=O)O.c1ccc2c(c1)CCN2. The van der Waals surface area contributed by atoms with Gasteiger partial charge < -0.3 is 15.2 Å². The van der Waals surface area contributed by atoms with E-state index < -0.39 is 11.9 Å². The fourth-order valence-electron chi connectivity index (χ4n) is 1.55. The van der Waals surface area contributed by atoms with E-state index in [9.17, 15) is 9.59 Å². The van der Waals surface area contributed by atoms with Gasteiger partial charge in [0.15, 0.2) is 0 Å². The lowest BCUT2D eigenvalue weighted by Gasteiger charge is -1.94. The number of para-hydroxylation sites is 1. The Balaban J connectivity index is 0.000000180. The van der Waals surface area contributed by atoms with Crippen LogP contribution in [0.3, 0.4) is 0 Å². The second-order valence-corrected chi connectivity index (χ2v) is 3.80. The summed E-state index contributed by atoms with van der Waals surface area (Å²) in [6, 6.07) is 8.46. The first-order valence-corrected chi connectivity index (χ1v) is 5.74. The van der Waals surface area contributed by atoms with E-state index in [2.05, 4.69) is 34.3 Å². The van der Waals surface area contributed by atoms with Crippen molar-refractivity contribution in [2.75, 3.05) is 19.0 Å². The van der Waals surface area contributed by atoms with E-state index in [1.54, 1.807) is 0 Å². The first kappa shape index (κ1) is 14.0. The van der Waals surface area contributed by atoms with Crippen molar-refractivity contribution >= 4 is 17.6 Å². The van der Waals surface area contributed by atoms with Gasteiger partial charge in [-0.1, -0.05) is 18.2 Å². The maximum Gasteiger partial charge on any atom is 0.306 e. The lowest BCUT2D eigenvalue weighted by Crippen LogP contribution is -2.04. The number of methoxy groups -OCH3 is 1. The molecule has 1 heterocycles. The van der Waals surface area contributed by atoms with E-state index in [1.807, 2.05) is 0 Å². The minimum atomic E-state index is -0.986. The summed E-state index contributed by atoms with van der Waals surface area (Å²) < 4.78 is 4.20. The summed E-state index contributed by atoms with van der Waals surface area (Å²) in [5.74, 6) is -1.47. The molecule has 0 aliphatic carbocycles. The van der Waals surface area contributed by atoms with Crippen molar-refractivity contribution in [3.05, 3.63) is 29.8 Å². The number of fused-ring (bicyclic) bond motifs is 1. The summed E-state index contributed by atoms with van der Waals surface area (Å²) in [7, 11) is 1.23. The minimum absolute atomic E-state index is 0.0498. The highest BCUT2D eigenvalue weighted by molar-refractivity contribution is 5.76. The number of hydrogen-bond acceptors (Lipinski definition) is 4. The number of carboxylic acids is 1. The zero-order valence-corrected chi connectivity index (χ0v) is 10.3. The Labute approximate surface area is 106 Å². The number of anilines is 1. The molecule has 5 heteroatoms. The fraction of sp³-hybridized carbons (Fsp3) is 0.385. The first-order chi connectivity index (χ1) is 8.63. The molecule has 5 nitrogen and oxygen atoms in total. The molecular weight excluding hydrogens is 234 g/mol. The van der Waals surface area contributed by atoms with Gasteiger partial charge in [0.05, 0.1) is 20.0 Å². The van der Waals surface area contributed by atoms with Crippen LogP contribution in [0.5, 0.6) is 0 Å². The zero-order valence-electron chi connectivity index (χ0n) is 10.3. The van der Waals surface area contributed by atoms with Gasteiger partial charge in [-0.3, -0.25) is 9.59 Å². The molecule has 1 aromatic rings. The second kappa shape index (κ2) is 7.32. The average Bonchev–Trinajstić information content (AvgIpc) is 2.84. The molecule has 0 fully saturated rings. The Morgan fingerprint density at radius 1 is 1.33 bits per heavy atom. The number of carboxylic acid groups (broad SMARTS) is 1. The molecule has 0 amide bonds. The van der Waals surface area contributed by atoms with Gasteiger partial charge in [-0.25, -0.2) is 0 Å². The maximum atomic E-state index is 10.2. The van der Waals surface area contributed by atoms with Crippen molar-refractivity contribution in [1.29, 1.82) is 0 Å². The third-order valence-electron chi connectivity index (χ3n) is 2.50. The molecule has 2 N–H and O–H groups in total. The molecule has 0 radical (unpaired) electrons. The summed E-state index contributed by atoms with van der Waals surface area (Å²) in [6.07, 6.45) is 0.981. The standard InChI is InChI=1S/C8H9N.C5H8O4/c1-2-4-8-7(3-1)5-6-9-8;1-9-5(8)3-2-4(6)7/h1-4,9H,5-6H2;2-3H2,1H3,(H,6,7). The van der Waals surface area contributed by atoms with Crippen LogP contribution in [-0.4, -0.2) is 30.7 Å². The van der Waals surface area contributed by atoms with Crippen molar-refractivity contribution in [2.45, 2.75) is 19.3 Å². The summed E-state index contributed by atoms with van der Waals surface area (Å²) in [5, 5.41) is 11.4. The van der Waals surface area contributed by atoms with Crippen LogP contribution in [-0.2, 0) is 20.7 Å². The van der Waals surface area contributed by atoms with Crippen LogP contribution < -0.4 is 5.32 Å². The van der Waals surface area contributed by atoms with Gasteiger partial charge in [-0.2, -0.15) is 0 Å². The highest BCUT2D eigenvalue weighted by Gasteiger charge is 2.06. The highest BCUT2D eigenvalue weighted by Crippen LogP contribution is 2.19. The van der Waals surface area contributed by atoms with Crippen LogP contribution >= 0.6 is 0 Å². The predicted molar refractivity (Wildman–Crippen MR) is 67.5 cm³/mol. The van der Waals surface area contributed by atoms with E-state index in [0.29, 0.717) is 0 Å². The summed E-state index contributed by atoms with van der Waals surface area (Å²) in [4.78, 5) is 20.0. The number of rotatable bonds is 3. The number of aliphatic carboxylic acids is 1. The Kier molecular flexibility index (Phi) is 5.70. The highest BCUT2D eigenvalue weighted by atomic mass is 16.5. The molecule has 0 atom stereocenters. The number of benzene rings is 1. The summed E-state index contributed by atoms with van der Waals surface area (Å²) >= 11 is 0. The number of carbonyl (C=O) groups is 2. The zero-order chi connectivity index (χ0) is 13.4. The van der Waals surface area contributed by atoms with Gasteiger partial charge in [0.2, 0.25) is 0 Å². The van der Waals surface area contributed by atoms with Gasteiger partial charge in [0, 0.05) is 12.2 Å². The topological polar surface area (TPSA) is 75.6 Å². The number of nitrogens with one attached hydrogen (secondary N) is 1. The fourth-order valence-corrected chi connectivity index (χ4v) is 1.55. The van der Waals surface area contributed by atoms with Crippen LogP contribution in [0.1, 0.15) is 18.4 Å². The van der Waals surface area contributed by atoms with Crippen LogP contribution in [0.25, 0.3) is 0 Å². The lowest BCUT2D eigenvalue weighted by atomic mass is 10.2. The molecule has 2 rings (SSSR count). The largest absolute Gasteiger partial charge is 0.481 e. The predicted octanol–water partition coefficient (Wildman–Crippen LogP) is 1.68. The van der Waals surface area contributed by atoms with Crippen molar-refractivity contribution in [3.63, 3.8) is 0 Å². The number of esters is 1. The summed E-state index contributed by atoms with van der Waals surface area (Å²) in [6.45, 7) is 1.11. The quantitative estimate of drug-likeness (QED) is 0.799. The summed E-state index contributed by atoms with van der Waals surface area (Å²) in [5.41, 5.74) is 2.77. The average molecular weight is 251 g/mol.